The zero-order valence-corrected chi connectivity index (χ0v) is 18.4. The molecule has 3 aromatic rings. The number of hydrogen-bond donors (Lipinski definition) is 2. The van der Waals surface area contributed by atoms with Crippen molar-refractivity contribution < 1.29 is 21.8 Å². The van der Waals surface area contributed by atoms with Crippen molar-refractivity contribution in [2.45, 2.75) is 31.8 Å². The molecule has 0 spiro atoms. The van der Waals surface area contributed by atoms with E-state index in [1.165, 1.54) is 24.7 Å². The molecule has 1 aromatic carbocycles. The van der Waals surface area contributed by atoms with E-state index in [1.807, 2.05) is 0 Å². The number of anilines is 1. The molecule has 2 unspecified atom stereocenters. The molecule has 0 bridgehead atoms. The van der Waals surface area contributed by atoms with Crippen LogP contribution >= 0.6 is 0 Å². The molecule has 2 atom stereocenters. The van der Waals surface area contributed by atoms with Gasteiger partial charge in [-0.2, -0.15) is 13.5 Å². The van der Waals surface area contributed by atoms with Crippen molar-refractivity contribution in [2.24, 2.45) is 11.1 Å². The number of carbonyl (C=O) groups is 1. The molecule has 2 aromatic heterocycles. The van der Waals surface area contributed by atoms with Gasteiger partial charge in [0.15, 0.2) is 0 Å². The highest BCUT2D eigenvalue weighted by Gasteiger charge is 2.28. The number of halogens is 1. The van der Waals surface area contributed by atoms with Crippen LogP contribution in [-0.2, 0) is 21.0 Å². The molecule has 4 rings (SSSR count). The van der Waals surface area contributed by atoms with Crippen LogP contribution in [0.1, 0.15) is 40.9 Å². The first kappa shape index (κ1) is 23.0. The fourth-order valence-electron chi connectivity index (χ4n) is 3.84. The number of nitrogens with zero attached hydrogens (tertiary/aromatic N) is 4. The lowest BCUT2D eigenvalue weighted by Gasteiger charge is -2.15. The number of benzene rings is 1. The largest absolute Gasteiger partial charge is 0.367 e. The molecule has 0 radical (unpaired) electrons. The van der Waals surface area contributed by atoms with E-state index in [4.69, 9.17) is 9.32 Å². The second-order valence-corrected chi connectivity index (χ2v) is 9.16. The van der Waals surface area contributed by atoms with Crippen LogP contribution in [0.4, 0.5) is 10.2 Å². The van der Waals surface area contributed by atoms with E-state index in [0.717, 1.165) is 18.4 Å². The number of hydrogen-bond acceptors (Lipinski definition) is 8. The Bertz CT molecular complexity index is 1230. The summed E-state index contributed by atoms with van der Waals surface area (Å²) < 4.78 is 41.4. The number of rotatable bonds is 9. The quantitative estimate of drug-likeness (QED) is 0.448. The summed E-state index contributed by atoms with van der Waals surface area (Å²) in [5.74, 6) is -0.224. The number of nitrogens with two attached hydrogens (primary N) is 1. The summed E-state index contributed by atoms with van der Waals surface area (Å²) in [4.78, 5) is 21.3. The average molecular weight is 475 g/mol. The SMILES string of the molecule is NS(=O)(=O)OCC1CCC(Nc2ncncc2C(=O)c2ccn(Cc3ccc(F)cc3)n2)C1. The highest BCUT2D eigenvalue weighted by molar-refractivity contribution is 7.84. The number of carbonyl (C=O) groups excluding carboxylic acids is 1. The maximum atomic E-state index is 13.1. The van der Waals surface area contributed by atoms with Crippen LogP contribution < -0.4 is 10.5 Å². The lowest BCUT2D eigenvalue weighted by molar-refractivity contribution is 0.103. The maximum absolute atomic E-state index is 13.1. The zero-order chi connectivity index (χ0) is 23.4. The minimum atomic E-state index is -3.97. The average Bonchev–Trinajstić information content (AvgIpc) is 3.43. The number of ketones is 1. The van der Waals surface area contributed by atoms with Gasteiger partial charge in [0.1, 0.15) is 23.7 Å². The van der Waals surface area contributed by atoms with Gasteiger partial charge >= 0.3 is 10.3 Å². The minimum Gasteiger partial charge on any atom is -0.367 e. The van der Waals surface area contributed by atoms with Gasteiger partial charge in [0.05, 0.1) is 18.7 Å². The second kappa shape index (κ2) is 9.73. The molecule has 1 fully saturated rings. The monoisotopic (exact) mass is 474 g/mol. The smallest absolute Gasteiger partial charge is 0.333 e. The van der Waals surface area contributed by atoms with E-state index in [1.54, 1.807) is 29.1 Å². The third kappa shape index (κ3) is 6.18. The molecule has 12 heteroatoms. The predicted octanol–water partition coefficient (Wildman–Crippen LogP) is 1.89. The number of aromatic nitrogens is 4. The van der Waals surface area contributed by atoms with Crippen molar-refractivity contribution in [3.63, 3.8) is 0 Å². The van der Waals surface area contributed by atoms with E-state index < -0.39 is 10.3 Å². The van der Waals surface area contributed by atoms with E-state index in [2.05, 4.69) is 20.4 Å². The Hall–Kier alpha value is -3.22. The van der Waals surface area contributed by atoms with Crippen molar-refractivity contribution in [1.82, 2.24) is 19.7 Å². The molecule has 2 heterocycles. The van der Waals surface area contributed by atoms with Gasteiger partial charge in [-0.05, 0) is 48.9 Å². The minimum absolute atomic E-state index is 0.00318. The van der Waals surface area contributed by atoms with Gasteiger partial charge in [-0.25, -0.2) is 19.5 Å². The van der Waals surface area contributed by atoms with Crippen LogP contribution in [0, 0.1) is 11.7 Å². The van der Waals surface area contributed by atoms with E-state index in [0.29, 0.717) is 18.8 Å². The van der Waals surface area contributed by atoms with Crippen LogP contribution in [-0.4, -0.2) is 46.6 Å². The van der Waals surface area contributed by atoms with Crippen molar-refractivity contribution in [2.75, 3.05) is 11.9 Å². The van der Waals surface area contributed by atoms with Crippen molar-refractivity contribution >= 4 is 21.9 Å². The maximum Gasteiger partial charge on any atom is 0.333 e. The van der Waals surface area contributed by atoms with Crippen LogP contribution in [0.3, 0.4) is 0 Å². The molecule has 1 aliphatic carbocycles. The van der Waals surface area contributed by atoms with Gasteiger partial charge in [-0.1, -0.05) is 12.1 Å². The normalized spacial score (nSPS) is 18.4. The van der Waals surface area contributed by atoms with E-state index in [-0.39, 0.29) is 41.4 Å². The summed E-state index contributed by atoms with van der Waals surface area (Å²) >= 11 is 0. The summed E-state index contributed by atoms with van der Waals surface area (Å²) in [7, 11) is -3.97. The molecule has 3 N–H and O–H groups in total. The highest BCUT2D eigenvalue weighted by Crippen LogP contribution is 2.29. The van der Waals surface area contributed by atoms with Gasteiger partial charge < -0.3 is 5.32 Å². The first-order chi connectivity index (χ1) is 15.8. The van der Waals surface area contributed by atoms with E-state index in [9.17, 15) is 17.6 Å². The Morgan fingerprint density at radius 2 is 2.03 bits per heavy atom. The summed E-state index contributed by atoms with van der Waals surface area (Å²) in [5, 5.41) is 12.5. The van der Waals surface area contributed by atoms with Crippen molar-refractivity contribution in [1.29, 1.82) is 0 Å². The molecule has 0 amide bonds. The van der Waals surface area contributed by atoms with Gasteiger partial charge in [-0.15, -0.1) is 0 Å². The molecule has 1 aliphatic rings. The van der Waals surface area contributed by atoms with Gasteiger partial charge in [-0.3, -0.25) is 13.7 Å². The third-order valence-corrected chi connectivity index (χ3v) is 5.90. The lowest BCUT2D eigenvalue weighted by Crippen LogP contribution is -2.22. The Labute approximate surface area is 190 Å². The first-order valence-electron chi connectivity index (χ1n) is 10.3. The Balaban J connectivity index is 1.42. The fraction of sp³-hybridized carbons (Fsp3) is 0.333. The third-order valence-electron chi connectivity index (χ3n) is 5.44. The van der Waals surface area contributed by atoms with Crippen LogP contribution in [0.5, 0.6) is 0 Å². The molecular weight excluding hydrogens is 451 g/mol. The van der Waals surface area contributed by atoms with Crippen molar-refractivity contribution in [3.8, 4) is 0 Å². The van der Waals surface area contributed by atoms with Crippen LogP contribution in [0.2, 0.25) is 0 Å². The Morgan fingerprint density at radius 1 is 1.24 bits per heavy atom. The van der Waals surface area contributed by atoms with Crippen molar-refractivity contribution in [3.05, 3.63) is 71.7 Å². The standard InChI is InChI=1S/C21H23FN6O4S/c22-16-4-1-14(2-5-16)11-28-8-7-19(27-28)20(29)18-10-24-13-25-21(18)26-17-6-3-15(9-17)12-32-33(23,30)31/h1-2,4-5,7-8,10,13,15,17H,3,6,9,11-12H2,(H2,23,30,31)(H,24,25,26). The fourth-order valence-corrected chi connectivity index (χ4v) is 4.22. The summed E-state index contributed by atoms with van der Waals surface area (Å²) in [6, 6.07) is 7.68. The molecule has 0 saturated heterocycles. The zero-order valence-electron chi connectivity index (χ0n) is 17.6. The molecule has 33 heavy (non-hydrogen) atoms. The Kier molecular flexibility index (Phi) is 6.77. The molecular formula is C21H23FN6O4S. The second-order valence-electron chi connectivity index (χ2n) is 7.94. The molecule has 1 saturated carbocycles. The summed E-state index contributed by atoms with van der Waals surface area (Å²) in [6.45, 7) is 0.423. The number of nitrogens with one attached hydrogen (secondary N) is 1. The van der Waals surface area contributed by atoms with Gasteiger partial charge in [0.2, 0.25) is 5.78 Å². The summed E-state index contributed by atoms with van der Waals surface area (Å²) in [5.41, 5.74) is 1.38. The van der Waals surface area contributed by atoms with E-state index >= 15 is 0 Å². The topological polar surface area (TPSA) is 142 Å². The van der Waals surface area contributed by atoms with Crippen LogP contribution in [0.15, 0.2) is 49.1 Å². The van der Waals surface area contributed by atoms with Crippen LogP contribution in [0.25, 0.3) is 0 Å². The Morgan fingerprint density at radius 3 is 2.79 bits per heavy atom. The highest BCUT2D eigenvalue weighted by atomic mass is 32.2. The molecule has 10 nitrogen and oxygen atoms in total. The lowest BCUT2D eigenvalue weighted by atomic mass is 10.1. The van der Waals surface area contributed by atoms with Gasteiger partial charge in [0.25, 0.3) is 0 Å². The first-order valence-corrected chi connectivity index (χ1v) is 11.8. The predicted molar refractivity (Wildman–Crippen MR) is 117 cm³/mol. The molecule has 174 valence electrons. The molecule has 0 aliphatic heterocycles. The summed E-state index contributed by atoms with van der Waals surface area (Å²) in [6.07, 6.45) is 6.65. The van der Waals surface area contributed by atoms with Gasteiger partial charge in [0, 0.05) is 18.4 Å².